The minimum Gasteiger partial charge on any atom is -0.440 e. The van der Waals surface area contributed by atoms with Gasteiger partial charge in [-0.15, -0.1) is 0 Å². The molecule has 0 radical (unpaired) electrons. The van der Waals surface area contributed by atoms with Gasteiger partial charge < -0.3 is 10.1 Å². The third-order valence-corrected chi connectivity index (χ3v) is 0.816. The summed E-state index contributed by atoms with van der Waals surface area (Å²) in [6, 6.07) is 0. The van der Waals surface area contributed by atoms with Crippen molar-refractivity contribution in [1.82, 2.24) is 5.32 Å². The third-order valence-electron chi connectivity index (χ3n) is 0.816. The summed E-state index contributed by atoms with van der Waals surface area (Å²) in [5.74, 6) is -1.70. The maximum Gasteiger partial charge on any atom is 0.398 e. The number of hydrogen-bond acceptors (Lipinski definition) is 4. The molecular weight excluding hydrogens is 148 g/mol. The maximum absolute atomic E-state index is 10.6. The molecule has 5 nitrogen and oxygen atoms in total. The Bertz CT molecular complexity index is 156. The summed E-state index contributed by atoms with van der Waals surface area (Å²) in [6.07, 6.45) is -0.745. The molecule has 5 heteroatoms. The van der Waals surface area contributed by atoms with E-state index in [1.165, 1.54) is 6.92 Å². The van der Waals surface area contributed by atoms with Crippen LogP contribution in [0, 0.1) is 0 Å². The quantitative estimate of drug-likeness (QED) is 0.307. The summed E-state index contributed by atoms with van der Waals surface area (Å²) in [7, 11) is 0. The van der Waals surface area contributed by atoms with Crippen LogP contribution in [0.3, 0.4) is 0 Å². The Hall–Kier alpha value is -1.10. The molecule has 64 valence electrons. The first-order chi connectivity index (χ1) is 5.07. The van der Waals surface area contributed by atoms with Gasteiger partial charge in [0.2, 0.25) is 0 Å². The van der Waals surface area contributed by atoms with Gasteiger partial charge in [-0.1, -0.05) is 0 Å². The van der Waals surface area contributed by atoms with Crippen molar-refractivity contribution in [3.8, 4) is 0 Å². The van der Waals surface area contributed by atoms with Crippen LogP contribution in [-0.4, -0.2) is 24.6 Å². The van der Waals surface area contributed by atoms with E-state index in [1.807, 2.05) is 0 Å². The minimum atomic E-state index is -0.943. The second-order valence-corrected chi connectivity index (χ2v) is 1.97. The molecule has 0 aliphatic rings. The van der Waals surface area contributed by atoms with Gasteiger partial charge in [-0.25, -0.2) is 4.79 Å². The smallest absolute Gasteiger partial charge is 0.398 e. The molecule has 0 saturated heterocycles. The first-order valence-electron chi connectivity index (χ1n) is 3.32. The summed E-state index contributed by atoms with van der Waals surface area (Å²) < 4.78 is 4.39. The van der Waals surface area contributed by atoms with Crippen molar-refractivity contribution in [2.75, 3.05) is 6.54 Å². The molecule has 0 aliphatic carbocycles. The highest BCUT2D eigenvalue weighted by atomic mass is 16.6. The Balaban J connectivity index is 3.74. The molecular formula is C6H12N2O3. The summed E-state index contributed by atoms with van der Waals surface area (Å²) in [5, 5.41) is 2.28. The zero-order valence-corrected chi connectivity index (χ0v) is 6.59. The summed E-state index contributed by atoms with van der Waals surface area (Å²) in [6.45, 7) is 3.57. The van der Waals surface area contributed by atoms with Gasteiger partial charge in [0, 0.05) is 6.54 Å². The Morgan fingerprint density at radius 2 is 2.18 bits per heavy atom. The van der Waals surface area contributed by atoms with E-state index < -0.39 is 18.1 Å². The van der Waals surface area contributed by atoms with E-state index in [-0.39, 0.29) is 0 Å². The average Bonchev–Trinajstić information content (AvgIpc) is 1.86. The van der Waals surface area contributed by atoms with Crippen LogP contribution in [0.25, 0.3) is 0 Å². The molecule has 11 heavy (non-hydrogen) atoms. The topological polar surface area (TPSA) is 81.4 Å². The SMILES string of the molecule is CCNC(=O)C(=O)OC(C)N. The second-order valence-electron chi connectivity index (χ2n) is 1.97. The van der Waals surface area contributed by atoms with Crippen molar-refractivity contribution in [3.05, 3.63) is 0 Å². The maximum atomic E-state index is 10.6. The Morgan fingerprint density at radius 1 is 1.64 bits per heavy atom. The van der Waals surface area contributed by atoms with E-state index in [9.17, 15) is 9.59 Å². The van der Waals surface area contributed by atoms with Crippen molar-refractivity contribution >= 4 is 11.9 Å². The van der Waals surface area contributed by atoms with Gasteiger partial charge in [0.15, 0.2) is 0 Å². The standard InChI is InChI=1S/C6H12N2O3/c1-3-8-5(9)6(10)11-4(2)7/h4H,3,7H2,1-2H3,(H,8,9). The summed E-state index contributed by atoms with van der Waals surface area (Å²) in [5.41, 5.74) is 5.10. The van der Waals surface area contributed by atoms with Crippen LogP contribution >= 0.6 is 0 Å². The van der Waals surface area contributed by atoms with Crippen molar-refractivity contribution < 1.29 is 14.3 Å². The van der Waals surface area contributed by atoms with Gasteiger partial charge >= 0.3 is 11.9 Å². The normalized spacial score (nSPS) is 11.9. The Morgan fingerprint density at radius 3 is 2.55 bits per heavy atom. The highest BCUT2D eigenvalue weighted by Gasteiger charge is 2.14. The van der Waals surface area contributed by atoms with E-state index >= 15 is 0 Å². The molecule has 0 rings (SSSR count). The number of carbonyl (C=O) groups is 2. The average molecular weight is 160 g/mol. The van der Waals surface area contributed by atoms with E-state index in [2.05, 4.69) is 10.1 Å². The van der Waals surface area contributed by atoms with Crippen LogP contribution in [0.5, 0.6) is 0 Å². The van der Waals surface area contributed by atoms with Crippen molar-refractivity contribution in [2.24, 2.45) is 5.73 Å². The lowest BCUT2D eigenvalue weighted by molar-refractivity contribution is -0.158. The van der Waals surface area contributed by atoms with Crippen LogP contribution in [0.2, 0.25) is 0 Å². The van der Waals surface area contributed by atoms with Crippen LogP contribution in [0.15, 0.2) is 0 Å². The molecule has 1 unspecified atom stereocenters. The zero-order chi connectivity index (χ0) is 8.85. The van der Waals surface area contributed by atoms with Gasteiger partial charge in [0.05, 0.1) is 0 Å². The molecule has 0 bridgehead atoms. The van der Waals surface area contributed by atoms with Gasteiger partial charge in [0.25, 0.3) is 0 Å². The number of likely N-dealkylation sites (N-methyl/N-ethyl adjacent to an activating group) is 1. The highest BCUT2D eigenvalue weighted by molar-refractivity contribution is 6.32. The van der Waals surface area contributed by atoms with E-state index in [0.29, 0.717) is 6.54 Å². The first kappa shape index (κ1) is 9.90. The molecule has 1 amide bonds. The number of amides is 1. The minimum absolute atomic E-state index is 0.396. The lowest BCUT2D eigenvalue weighted by Gasteiger charge is -2.06. The van der Waals surface area contributed by atoms with Crippen LogP contribution in [0.4, 0.5) is 0 Å². The fraction of sp³-hybridized carbons (Fsp3) is 0.667. The van der Waals surface area contributed by atoms with Crippen molar-refractivity contribution in [2.45, 2.75) is 20.1 Å². The Labute approximate surface area is 64.9 Å². The van der Waals surface area contributed by atoms with Crippen LogP contribution in [0.1, 0.15) is 13.8 Å². The number of esters is 1. The van der Waals surface area contributed by atoms with Crippen LogP contribution < -0.4 is 11.1 Å². The molecule has 1 atom stereocenters. The second kappa shape index (κ2) is 4.68. The molecule has 0 heterocycles. The van der Waals surface area contributed by atoms with Gasteiger partial charge in [-0.2, -0.15) is 0 Å². The number of rotatable bonds is 2. The zero-order valence-electron chi connectivity index (χ0n) is 6.59. The number of hydrogen-bond donors (Lipinski definition) is 2. The van der Waals surface area contributed by atoms with Gasteiger partial charge in [-0.05, 0) is 13.8 Å². The van der Waals surface area contributed by atoms with Crippen molar-refractivity contribution in [3.63, 3.8) is 0 Å². The first-order valence-corrected chi connectivity index (χ1v) is 3.32. The van der Waals surface area contributed by atoms with E-state index in [0.717, 1.165) is 0 Å². The molecule has 3 N–H and O–H groups in total. The largest absolute Gasteiger partial charge is 0.440 e. The number of nitrogens with one attached hydrogen (secondary N) is 1. The molecule has 0 aromatic heterocycles. The third kappa shape index (κ3) is 4.32. The van der Waals surface area contributed by atoms with E-state index in [1.54, 1.807) is 6.92 Å². The lowest BCUT2D eigenvalue weighted by Crippen LogP contribution is -2.36. The molecule has 0 fully saturated rings. The van der Waals surface area contributed by atoms with Gasteiger partial charge in [0.1, 0.15) is 6.23 Å². The molecule has 0 aliphatic heterocycles. The molecule has 0 saturated carbocycles. The lowest BCUT2D eigenvalue weighted by atomic mass is 10.5. The van der Waals surface area contributed by atoms with E-state index in [4.69, 9.17) is 5.73 Å². The van der Waals surface area contributed by atoms with Crippen LogP contribution in [-0.2, 0) is 14.3 Å². The highest BCUT2D eigenvalue weighted by Crippen LogP contribution is 1.82. The monoisotopic (exact) mass is 160 g/mol. The van der Waals surface area contributed by atoms with Gasteiger partial charge in [-0.3, -0.25) is 10.5 Å². The van der Waals surface area contributed by atoms with Crippen molar-refractivity contribution in [1.29, 1.82) is 0 Å². The number of nitrogens with two attached hydrogens (primary N) is 1. The Kier molecular flexibility index (Phi) is 4.21. The fourth-order valence-corrected chi connectivity index (χ4v) is 0.455. The molecule has 0 spiro atoms. The molecule has 0 aromatic rings. The molecule has 0 aromatic carbocycles. The summed E-state index contributed by atoms with van der Waals surface area (Å²) >= 11 is 0. The summed E-state index contributed by atoms with van der Waals surface area (Å²) in [4.78, 5) is 21.3. The predicted octanol–water partition coefficient (Wildman–Crippen LogP) is -1.03. The number of carbonyl (C=O) groups excluding carboxylic acids is 2. The predicted molar refractivity (Wildman–Crippen MR) is 38.4 cm³/mol. The fourth-order valence-electron chi connectivity index (χ4n) is 0.455. The number of ether oxygens (including phenoxy) is 1.